The van der Waals surface area contributed by atoms with Crippen molar-refractivity contribution in [1.82, 2.24) is 4.90 Å². The van der Waals surface area contributed by atoms with Crippen LogP contribution in [0.3, 0.4) is 0 Å². The second-order valence-corrected chi connectivity index (χ2v) is 5.43. The summed E-state index contributed by atoms with van der Waals surface area (Å²) < 4.78 is 4.84. The molecule has 0 fully saturated rings. The fraction of sp³-hybridized carbons (Fsp3) is 0.529. The van der Waals surface area contributed by atoms with Crippen LogP contribution in [0.5, 0.6) is 0 Å². The zero-order valence-corrected chi connectivity index (χ0v) is 12.6. The monoisotopic (exact) mass is 289 g/mol. The number of ether oxygens (including phenoxy) is 1. The van der Waals surface area contributed by atoms with E-state index in [-0.39, 0.29) is 24.6 Å². The number of Topliss-reactive ketones (excluding diaryl/α,β-unsaturated/α-hetero) is 1. The first-order chi connectivity index (χ1) is 10.2. The molecule has 0 atom stereocenters. The van der Waals surface area contributed by atoms with Gasteiger partial charge in [-0.15, -0.1) is 0 Å². The molecule has 1 aliphatic rings. The van der Waals surface area contributed by atoms with Gasteiger partial charge in [0.2, 0.25) is 0 Å². The van der Waals surface area contributed by atoms with Crippen molar-refractivity contribution >= 4 is 11.8 Å². The Labute approximate surface area is 126 Å². The van der Waals surface area contributed by atoms with Crippen molar-refractivity contribution in [1.29, 1.82) is 0 Å². The van der Waals surface area contributed by atoms with Crippen molar-refractivity contribution < 1.29 is 14.3 Å². The molecule has 0 N–H and O–H groups in total. The van der Waals surface area contributed by atoms with Crippen LogP contribution in [0.2, 0.25) is 0 Å². The quantitative estimate of drug-likeness (QED) is 0.754. The smallest absolute Gasteiger partial charge is 0.306 e. The van der Waals surface area contributed by atoms with Gasteiger partial charge in [0.25, 0.3) is 0 Å². The minimum Gasteiger partial charge on any atom is -0.466 e. The van der Waals surface area contributed by atoms with Gasteiger partial charge in [-0.1, -0.05) is 24.3 Å². The van der Waals surface area contributed by atoms with Crippen molar-refractivity contribution in [3.63, 3.8) is 0 Å². The molecule has 0 unspecified atom stereocenters. The van der Waals surface area contributed by atoms with E-state index in [1.807, 2.05) is 6.07 Å². The number of aryl methyl sites for hydroxylation is 1. The van der Waals surface area contributed by atoms with Crippen molar-refractivity contribution in [3.8, 4) is 0 Å². The first-order valence-electron chi connectivity index (χ1n) is 7.65. The third kappa shape index (κ3) is 4.97. The Hall–Kier alpha value is -1.68. The predicted octanol–water partition coefficient (Wildman–Crippen LogP) is 2.35. The normalized spacial score (nSPS) is 15.1. The number of esters is 1. The second-order valence-electron chi connectivity index (χ2n) is 5.43. The number of carbonyl (C=O) groups is 2. The van der Waals surface area contributed by atoms with E-state index >= 15 is 0 Å². The summed E-state index contributed by atoms with van der Waals surface area (Å²) in [4.78, 5) is 25.4. The molecular weight excluding hydrogens is 266 g/mol. The summed E-state index contributed by atoms with van der Waals surface area (Å²) in [6.45, 7) is 4.32. The van der Waals surface area contributed by atoms with Crippen LogP contribution in [0.4, 0.5) is 0 Å². The van der Waals surface area contributed by atoms with E-state index in [9.17, 15) is 9.59 Å². The maximum atomic E-state index is 12.0. The number of nitrogens with zero attached hydrogens (tertiary/aromatic N) is 1. The Morgan fingerprint density at radius 3 is 2.71 bits per heavy atom. The van der Waals surface area contributed by atoms with Gasteiger partial charge in [-0.05, 0) is 37.4 Å². The van der Waals surface area contributed by atoms with E-state index in [0.717, 1.165) is 25.9 Å². The first kappa shape index (κ1) is 15.7. The van der Waals surface area contributed by atoms with Gasteiger partial charge in [0.15, 0.2) is 0 Å². The average molecular weight is 289 g/mol. The predicted molar refractivity (Wildman–Crippen MR) is 80.9 cm³/mol. The van der Waals surface area contributed by atoms with Crippen molar-refractivity contribution in [2.24, 2.45) is 0 Å². The van der Waals surface area contributed by atoms with E-state index in [1.165, 1.54) is 11.1 Å². The van der Waals surface area contributed by atoms with E-state index in [4.69, 9.17) is 4.74 Å². The average Bonchev–Trinajstić information content (AvgIpc) is 2.67. The van der Waals surface area contributed by atoms with E-state index < -0.39 is 0 Å². The summed E-state index contributed by atoms with van der Waals surface area (Å²) in [5.74, 6) is -0.172. The maximum Gasteiger partial charge on any atom is 0.306 e. The summed E-state index contributed by atoms with van der Waals surface area (Å²) in [5, 5.41) is 0. The number of benzene rings is 1. The fourth-order valence-corrected chi connectivity index (χ4v) is 2.71. The largest absolute Gasteiger partial charge is 0.466 e. The van der Waals surface area contributed by atoms with Gasteiger partial charge in [-0.25, -0.2) is 0 Å². The zero-order valence-electron chi connectivity index (χ0n) is 12.6. The summed E-state index contributed by atoms with van der Waals surface area (Å²) >= 11 is 0. The highest BCUT2D eigenvalue weighted by molar-refractivity contribution is 5.84. The van der Waals surface area contributed by atoms with Crippen LogP contribution in [-0.2, 0) is 27.3 Å². The van der Waals surface area contributed by atoms with Crippen molar-refractivity contribution in [3.05, 3.63) is 35.4 Å². The van der Waals surface area contributed by atoms with Gasteiger partial charge < -0.3 is 4.74 Å². The highest BCUT2D eigenvalue weighted by Gasteiger charge is 2.17. The second kappa shape index (κ2) is 7.93. The van der Waals surface area contributed by atoms with Crippen LogP contribution >= 0.6 is 0 Å². The number of hydrogen-bond donors (Lipinski definition) is 0. The molecule has 0 bridgehead atoms. The SMILES string of the molecule is CCOC(=O)CCC(=O)CN1CCCc2ccccc2C1. The van der Waals surface area contributed by atoms with E-state index in [0.29, 0.717) is 13.2 Å². The summed E-state index contributed by atoms with van der Waals surface area (Å²) in [6.07, 6.45) is 2.61. The molecule has 0 amide bonds. The molecule has 21 heavy (non-hydrogen) atoms. The molecule has 1 heterocycles. The lowest BCUT2D eigenvalue weighted by molar-refractivity contribution is -0.144. The maximum absolute atomic E-state index is 12.0. The van der Waals surface area contributed by atoms with Gasteiger partial charge >= 0.3 is 5.97 Å². The standard InChI is InChI=1S/C17H23NO3/c1-2-21-17(20)10-9-16(19)13-18-11-5-8-14-6-3-4-7-15(14)12-18/h3-4,6-7H,2,5,8-13H2,1H3. The molecule has 1 aromatic carbocycles. The lowest BCUT2D eigenvalue weighted by Crippen LogP contribution is -2.30. The summed E-state index contributed by atoms with van der Waals surface area (Å²) in [6, 6.07) is 8.42. The van der Waals surface area contributed by atoms with Crippen LogP contribution in [0.25, 0.3) is 0 Å². The van der Waals surface area contributed by atoms with Gasteiger partial charge in [0, 0.05) is 13.0 Å². The number of ketones is 1. The topological polar surface area (TPSA) is 46.6 Å². The van der Waals surface area contributed by atoms with Crippen LogP contribution in [0, 0.1) is 0 Å². The fourth-order valence-electron chi connectivity index (χ4n) is 2.71. The van der Waals surface area contributed by atoms with Crippen LogP contribution in [-0.4, -0.2) is 36.3 Å². The minimum absolute atomic E-state index is 0.113. The number of rotatable bonds is 6. The number of hydrogen-bond acceptors (Lipinski definition) is 4. The zero-order chi connectivity index (χ0) is 15.1. The third-order valence-corrected chi connectivity index (χ3v) is 3.75. The molecule has 0 saturated carbocycles. The Kier molecular flexibility index (Phi) is 5.93. The van der Waals surface area contributed by atoms with Crippen molar-refractivity contribution in [2.75, 3.05) is 19.7 Å². The summed E-state index contributed by atoms with van der Waals surface area (Å²) in [5.41, 5.74) is 2.70. The van der Waals surface area contributed by atoms with Crippen LogP contribution < -0.4 is 0 Å². The molecule has 0 aromatic heterocycles. The molecule has 114 valence electrons. The number of fused-ring (bicyclic) bond motifs is 1. The van der Waals surface area contributed by atoms with Gasteiger partial charge in [-0.3, -0.25) is 14.5 Å². The first-order valence-corrected chi connectivity index (χ1v) is 7.65. The molecule has 1 aromatic rings. The van der Waals surface area contributed by atoms with Gasteiger partial charge in [-0.2, -0.15) is 0 Å². The lowest BCUT2D eigenvalue weighted by Gasteiger charge is -2.19. The Morgan fingerprint density at radius 1 is 1.19 bits per heavy atom. The molecule has 4 heteroatoms. The molecule has 0 aliphatic carbocycles. The molecule has 0 saturated heterocycles. The molecule has 0 spiro atoms. The minimum atomic E-state index is -0.285. The highest BCUT2D eigenvalue weighted by Crippen LogP contribution is 2.18. The molecule has 0 radical (unpaired) electrons. The van der Waals surface area contributed by atoms with Gasteiger partial charge in [0.05, 0.1) is 19.6 Å². The Morgan fingerprint density at radius 2 is 1.95 bits per heavy atom. The Balaban J connectivity index is 1.83. The Bertz CT molecular complexity index is 499. The number of carbonyl (C=O) groups excluding carboxylic acids is 2. The van der Waals surface area contributed by atoms with E-state index in [2.05, 4.69) is 23.1 Å². The molecule has 2 rings (SSSR count). The van der Waals surface area contributed by atoms with Crippen LogP contribution in [0.15, 0.2) is 24.3 Å². The lowest BCUT2D eigenvalue weighted by atomic mass is 10.0. The van der Waals surface area contributed by atoms with E-state index in [1.54, 1.807) is 6.92 Å². The van der Waals surface area contributed by atoms with Gasteiger partial charge in [0.1, 0.15) is 5.78 Å². The highest BCUT2D eigenvalue weighted by atomic mass is 16.5. The molecule has 4 nitrogen and oxygen atoms in total. The summed E-state index contributed by atoms with van der Waals surface area (Å²) in [7, 11) is 0. The molecular formula is C17H23NO3. The third-order valence-electron chi connectivity index (χ3n) is 3.75. The van der Waals surface area contributed by atoms with Crippen molar-refractivity contribution in [2.45, 2.75) is 39.2 Å². The molecule has 1 aliphatic heterocycles. The van der Waals surface area contributed by atoms with Crippen LogP contribution in [0.1, 0.15) is 37.3 Å².